The fourth-order valence-electron chi connectivity index (χ4n) is 6.14. The fourth-order valence-corrected chi connectivity index (χ4v) is 6.14. The lowest BCUT2D eigenvalue weighted by Crippen LogP contribution is -2.56. The Hall–Kier alpha value is -1.45. The molecule has 24 heavy (non-hydrogen) atoms. The maximum absolute atomic E-state index is 13.0. The third-order valence-electron chi connectivity index (χ3n) is 6.17. The first kappa shape index (κ1) is 17.4. The molecular weight excluding hydrogens is 304 g/mol. The summed E-state index contributed by atoms with van der Waals surface area (Å²) in [5, 5.41) is 0. The molecule has 2 unspecified atom stereocenters. The van der Waals surface area contributed by atoms with Gasteiger partial charge in [-0.25, -0.2) is 0 Å². The van der Waals surface area contributed by atoms with E-state index in [2.05, 4.69) is 20.8 Å². The van der Waals surface area contributed by atoms with E-state index in [0.717, 1.165) is 18.4 Å². The molecule has 0 aliphatic heterocycles. The number of fused-ring (bicyclic) bond motifs is 3. The van der Waals surface area contributed by atoms with Crippen molar-refractivity contribution in [2.24, 2.45) is 21.7 Å². The number of hydrogen-bond donors (Lipinski definition) is 0. The third kappa shape index (κ3) is 2.29. The Balaban J connectivity index is 2.27. The van der Waals surface area contributed by atoms with Crippen molar-refractivity contribution < 1.29 is 19.1 Å². The molecule has 0 heterocycles. The summed E-state index contributed by atoms with van der Waals surface area (Å²) >= 11 is 0. The second-order valence-corrected chi connectivity index (χ2v) is 9.95. The van der Waals surface area contributed by atoms with Crippen molar-refractivity contribution in [2.75, 3.05) is 7.11 Å². The number of ketones is 2. The second-order valence-electron chi connectivity index (χ2n) is 9.95. The Morgan fingerprint density at radius 2 is 1.58 bits per heavy atom. The Kier molecular flexibility index (Phi) is 3.47. The van der Waals surface area contributed by atoms with Crippen molar-refractivity contribution >= 4 is 17.5 Å². The summed E-state index contributed by atoms with van der Waals surface area (Å²) in [5.41, 5.74) is -0.253. The first-order valence-electron chi connectivity index (χ1n) is 8.76. The van der Waals surface area contributed by atoms with Gasteiger partial charge in [0.05, 0.1) is 12.5 Å². The number of methoxy groups -OCH3 is 1. The van der Waals surface area contributed by atoms with Gasteiger partial charge < -0.3 is 4.74 Å². The summed E-state index contributed by atoms with van der Waals surface area (Å²) in [7, 11) is 1.38. The van der Waals surface area contributed by atoms with Gasteiger partial charge in [0, 0.05) is 11.0 Å². The predicted molar refractivity (Wildman–Crippen MR) is 90.2 cm³/mol. The van der Waals surface area contributed by atoms with E-state index in [0.29, 0.717) is 24.8 Å². The number of ether oxygens (including phenoxy) is 1. The van der Waals surface area contributed by atoms with E-state index in [1.807, 2.05) is 13.8 Å². The molecule has 2 bridgehead atoms. The van der Waals surface area contributed by atoms with Crippen LogP contribution in [0.2, 0.25) is 0 Å². The van der Waals surface area contributed by atoms with E-state index >= 15 is 0 Å². The molecule has 132 valence electrons. The molecule has 0 aromatic heterocycles. The van der Waals surface area contributed by atoms with Crippen molar-refractivity contribution in [1.82, 2.24) is 0 Å². The van der Waals surface area contributed by atoms with Gasteiger partial charge in [-0.05, 0) is 42.9 Å². The zero-order valence-corrected chi connectivity index (χ0v) is 15.7. The SMILES string of the molecule is COC(=O)C12CC(C)(C)CC(C)(CC3=C1C(=O)C(=O)C(C)(C)C3)C2. The van der Waals surface area contributed by atoms with Crippen LogP contribution in [0.3, 0.4) is 0 Å². The summed E-state index contributed by atoms with van der Waals surface area (Å²) in [4.78, 5) is 38.5. The molecule has 4 nitrogen and oxygen atoms in total. The highest BCUT2D eigenvalue weighted by molar-refractivity contribution is 6.47. The van der Waals surface area contributed by atoms with Crippen LogP contribution in [-0.2, 0) is 19.1 Å². The largest absolute Gasteiger partial charge is 0.468 e. The molecule has 0 spiro atoms. The standard InChI is InChI=1S/C20H28O4/c1-17(2)9-19(5)8-12-7-18(3,4)15(22)14(21)13(12)20(10-17,11-19)16(23)24-6/h7-11H2,1-6H3. The highest BCUT2D eigenvalue weighted by Gasteiger charge is 2.63. The zero-order valence-electron chi connectivity index (χ0n) is 15.7. The van der Waals surface area contributed by atoms with E-state index in [4.69, 9.17) is 4.74 Å². The highest BCUT2D eigenvalue weighted by atomic mass is 16.5. The van der Waals surface area contributed by atoms with Crippen molar-refractivity contribution in [2.45, 2.75) is 66.7 Å². The summed E-state index contributed by atoms with van der Waals surface area (Å²) < 4.78 is 5.15. The fraction of sp³-hybridized carbons (Fsp3) is 0.750. The van der Waals surface area contributed by atoms with Crippen LogP contribution in [0.5, 0.6) is 0 Å². The second kappa shape index (κ2) is 4.80. The number of Topliss-reactive ketones (excluding diaryl/α,β-unsaturated/α-hetero) is 2. The highest BCUT2D eigenvalue weighted by Crippen LogP contribution is 2.65. The van der Waals surface area contributed by atoms with Gasteiger partial charge in [-0.3, -0.25) is 14.4 Å². The van der Waals surface area contributed by atoms with E-state index in [-0.39, 0.29) is 22.6 Å². The molecule has 0 N–H and O–H groups in total. The van der Waals surface area contributed by atoms with Gasteiger partial charge in [0.25, 0.3) is 0 Å². The van der Waals surface area contributed by atoms with Gasteiger partial charge >= 0.3 is 5.97 Å². The molecule has 0 radical (unpaired) electrons. The van der Waals surface area contributed by atoms with Gasteiger partial charge in [-0.1, -0.05) is 40.2 Å². The van der Waals surface area contributed by atoms with Gasteiger partial charge in [-0.15, -0.1) is 0 Å². The van der Waals surface area contributed by atoms with E-state index in [9.17, 15) is 14.4 Å². The first-order chi connectivity index (χ1) is 10.9. The average Bonchev–Trinajstić information content (AvgIpc) is 2.40. The third-order valence-corrected chi connectivity index (χ3v) is 6.17. The van der Waals surface area contributed by atoms with Gasteiger partial charge in [-0.2, -0.15) is 0 Å². The Labute approximate surface area is 144 Å². The minimum absolute atomic E-state index is 0.0362. The van der Waals surface area contributed by atoms with Crippen LogP contribution < -0.4 is 0 Å². The first-order valence-corrected chi connectivity index (χ1v) is 8.76. The molecule has 0 aromatic carbocycles. The molecule has 0 amide bonds. The summed E-state index contributed by atoms with van der Waals surface area (Å²) in [6.07, 6.45) is 3.56. The van der Waals surface area contributed by atoms with Crippen molar-refractivity contribution in [3.05, 3.63) is 11.1 Å². The van der Waals surface area contributed by atoms with Crippen molar-refractivity contribution in [3.8, 4) is 0 Å². The van der Waals surface area contributed by atoms with Crippen LogP contribution in [0, 0.1) is 21.7 Å². The van der Waals surface area contributed by atoms with E-state index in [1.54, 1.807) is 0 Å². The average molecular weight is 332 g/mol. The minimum Gasteiger partial charge on any atom is -0.468 e. The molecule has 0 aromatic rings. The van der Waals surface area contributed by atoms with Crippen LogP contribution in [0.15, 0.2) is 11.1 Å². The number of hydrogen-bond acceptors (Lipinski definition) is 4. The molecule has 1 fully saturated rings. The Morgan fingerprint density at radius 3 is 2.17 bits per heavy atom. The van der Waals surface area contributed by atoms with Crippen LogP contribution in [0.1, 0.15) is 66.7 Å². The van der Waals surface area contributed by atoms with Gasteiger partial charge in [0.15, 0.2) is 0 Å². The topological polar surface area (TPSA) is 60.4 Å². The van der Waals surface area contributed by atoms with Crippen LogP contribution in [-0.4, -0.2) is 24.6 Å². The maximum Gasteiger partial charge on any atom is 0.316 e. The number of carbonyl (C=O) groups is 3. The number of esters is 1. The molecule has 3 aliphatic carbocycles. The zero-order chi connectivity index (χ0) is 18.1. The maximum atomic E-state index is 13.0. The van der Waals surface area contributed by atoms with E-state index < -0.39 is 16.6 Å². The minimum atomic E-state index is -0.956. The molecule has 0 saturated heterocycles. The molecule has 2 atom stereocenters. The molecular formula is C20H28O4. The van der Waals surface area contributed by atoms with Gasteiger partial charge in [0.2, 0.25) is 11.6 Å². The Morgan fingerprint density at radius 1 is 0.958 bits per heavy atom. The lowest BCUT2D eigenvalue weighted by molar-refractivity contribution is -0.162. The molecule has 3 rings (SSSR count). The number of allylic oxidation sites excluding steroid dienone is 1. The van der Waals surface area contributed by atoms with Crippen LogP contribution in [0.4, 0.5) is 0 Å². The number of carbonyl (C=O) groups excluding carboxylic acids is 3. The molecule has 1 saturated carbocycles. The Bertz CT molecular complexity index is 682. The lowest BCUT2D eigenvalue weighted by Gasteiger charge is -2.57. The smallest absolute Gasteiger partial charge is 0.316 e. The van der Waals surface area contributed by atoms with E-state index in [1.165, 1.54) is 7.11 Å². The summed E-state index contributed by atoms with van der Waals surface area (Å²) in [5.74, 6) is -1.17. The lowest BCUT2D eigenvalue weighted by atomic mass is 9.45. The monoisotopic (exact) mass is 332 g/mol. The molecule has 4 heteroatoms. The van der Waals surface area contributed by atoms with Crippen LogP contribution >= 0.6 is 0 Å². The number of rotatable bonds is 1. The normalized spacial score (nSPS) is 37.1. The molecule has 3 aliphatic rings. The van der Waals surface area contributed by atoms with Gasteiger partial charge in [0.1, 0.15) is 0 Å². The summed E-state index contributed by atoms with van der Waals surface area (Å²) in [6.45, 7) is 10.2. The van der Waals surface area contributed by atoms with Crippen LogP contribution in [0.25, 0.3) is 0 Å². The summed E-state index contributed by atoms with van der Waals surface area (Å²) in [6, 6.07) is 0. The quantitative estimate of drug-likeness (QED) is 0.543. The predicted octanol–water partition coefficient (Wildman–Crippen LogP) is 3.63. The van der Waals surface area contributed by atoms with Crippen molar-refractivity contribution in [1.29, 1.82) is 0 Å². The van der Waals surface area contributed by atoms with Crippen molar-refractivity contribution in [3.63, 3.8) is 0 Å².